The maximum absolute atomic E-state index is 5.57. The lowest BCUT2D eigenvalue weighted by Crippen LogP contribution is -2.26. The van der Waals surface area contributed by atoms with Crippen molar-refractivity contribution in [3.63, 3.8) is 0 Å². The minimum Gasteiger partial charge on any atom is -0.381 e. The highest BCUT2D eigenvalue weighted by molar-refractivity contribution is 5.20. The van der Waals surface area contributed by atoms with E-state index in [2.05, 4.69) is 56.4 Å². The Kier molecular flexibility index (Phi) is 9.35. The first-order valence-electron chi connectivity index (χ1n) is 8.09. The molecule has 0 aliphatic carbocycles. The summed E-state index contributed by atoms with van der Waals surface area (Å²) in [5.41, 5.74) is 1.44. The first-order valence-corrected chi connectivity index (χ1v) is 8.09. The Balaban J connectivity index is 2.18. The first kappa shape index (κ1) is 17.2. The molecule has 0 aliphatic heterocycles. The highest BCUT2D eigenvalue weighted by atomic mass is 16.5. The Morgan fingerprint density at radius 2 is 1.75 bits per heavy atom. The van der Waals surface area contributed by atoms with Crippen LogP contribution in [-0.2, 0) is 4.74 Å². The minimum absolute atomic E-state index is 0.595. The molecule has 1 unspecified atom stereocenters. The fourth-order valence-corrected chi connectivity index (χ4v) is 2.34. The smallest absolute Gasteiger partial charge is 0.0478 e. The average molecular weight is 277 g/mol. The molecule has 2 nitrogen and oxygen atoms in total. The molecule has 1 atom stereocenters. The lowest BCUT2D eigenvalue weighted by molar-refractivity contribution is 0.128. The maximum Gasteiger partial charge on any atom is 0.0478 e. The van der Waals surface area contributed by atoms with E-state index in [1.165, 1.54) is 18.4 Å². The van der Waals surface area contributed by atoms with Crippen LogP contribution in [0, 0.1) is 5.92 Å². The van der Waals surface area contributed by atoms with E-state index < -0.39 is 0 Å². The second-order valence-electron chi connectivity index (χ2n) is 5.78. The standard InChI is InChI=1S/C18H31NO/c1-4-5-13-20-14-9-12-19-15-18(16(2)3)17-10-7-6-8-11-17/h6-8,10-11,16,18-19H,4-5,9,12-15H2,1-3H3. The van der Waals surface area contributed by atoms with Crippen molar-refractivity contribution in [3.05, 3.63) is 35.9 Å². The molecule has 20 heavy (non-hydrogen) atoms. The molecule has 0 radical (unpaired) electrons. The van der Waals surface area contributed by atoms with Gasteiger partial charge in [0.1, 0.15) is 0 Å². The summed E-state index contributed by atoms with van der Waals surface area (Å²) in [4.78, 5) is 0. The lowest BCUT2D eigenvalue weighted by atomic mass is 9.88. The number of benzene rings is 1. The molecule has 0 fully saturated rings. The zero-order chi connectivity index (χ0) is 14.6. The van der Waals surface area contributed by atoms with Gasteiger partial charge in [0.2, 0.25) is 0 Å². The summed E-state index contributed by atoms with van der Waals surface area (Å²) in [6.45, 7) is 10.7. The van der Waals surface area contributed by atoms with Gasteiger partial charge in [-0.05, 0) is 36.8 Å². The van der Waals surface area contributed by atoms with Crippen LogP contribution in [0.25, 0.3) is 0 Å². The summed E-state index contributed by atoms with van der Waals surface area (Å²) in [5, 5.41) is 3.58. The molecule has 0 amide bonds. The van der Waals surface area contributed by atoms with Gasteiger partial charge < -0.3 is 10.1 Å². The predicted molar refractivity (Wildman–Crippen MR) is 87.2 cm³/mol. The van der Waals surface area contributed by atoms with E-state index in [9.17, 15) is 0 Å². The van der Waals surface area contributed by atoms with E-state index in [1.54, 1.807) is 0 Å². The number of unbranched alkanes of at least 4 members (excludes halogenated alkanes) is 1. The first-order chi connectivity index (χ1) is 9.75. The highest BCUT2D eigenvalue weighted by Gasteiger charge is 2.14. The van der Waals surface area contributed by atoms with Crippen LogP contribution in [0.5, 0.6) is 0 Å². The van der Waals surface area contributed by atoms with Gasteiger partial charge in [0, 0.05) is 19.8 Å². The fourth-order valence-electron chi connectivity index (χ4n) is 2.34. The number of hydrogen-bond donors (Lipinski definition) is 1. The van der Waals surface area contributed by atoms with Crippen molar-refractivity contribution in [3.8, 4) is 0 Å². The summed E-state index contributed by atoms with van der Waals surface area (Å²) in [6, 6.07) is 10.8. The highest BCUT2D eigenvalue weighted by Crippen LogP contribution is 2.23. The molecule has 2 heteroatoms. The molecule has 1 aromatic carbocycles. The largest absolute Gasteiger partial charge is 0.381 e. The van der Waals surface area contributed by atoms with Crippen LogP contribution < -0.4 is 5.32 Å². The van der Waals surface area contributed by atoms with Crippen molar-refractivity contribution in [2.45, 2.75) is 46.0 Å². The number of rotatable bonds is 11. The van der Waals surface area contributed by atoms with Gasteiger partial charge >= 0.3 is 0 Å². The van der Waals surface area contributed by atoms with Crippen molar-refractivity contribution in [2.24, 2.45) is 5.92 Å². The van der Waals surface area contributed by atoms with E-state index in [0.29, 0.717) is 11.8 Å². The van der Waals surface area contributed by atoms with Gasteiger partial charge in [-0.3, -0.25) is 0 Å². The molecule has 0 saturated heterocycles. The van der Waals surface area contributed by atoms with Gasteiger partial charge in [0.05, 0.1) is 0 Å². The van der Waals surface area contributed by atoms with Crippen molar-refractivity contribution in [1.29, 1.82) is 0 Å². The molecule has 1 aromatic rings. The van der Waals surface area contributed by atoms with Crippen molar-refractivity contribution in [2.75, 3.05) is 26.3 Å². The molecule has 0 spiro atoms. The molecule has 0 aromatic heterocycles. The number of ether oxygens (including phenoxy) is 1. The van der Waals surface area contributed by atoms with Gasteiger partial charge in [-0.2, -0.15) is 0 Å². The second-order valence-corrected chi connectivity index (χ2v) is 5.78. The molecular weight excluding hydrogens is 246 g/mol. The summed E-state index contributed by atoms with van der Waals surface area (Å²) >= 11 is 0. The third kappa shape index (κ3) is 7.06. The second kappa shape index (κ2) is 10.9. The lowest BCUT2D eigenvalue weighted by Gasteiger charge is -2.22. The minimum atomic E-state index is 0.595. The van der Waals surface area contributed by atoms with Crippen molar-refractivity contribution >= 4 is 0 Å². The normalized spacial score (nSPS) is 12.8. The topological polar surface area (TPSA) is 21.3 Å². The van der Waals surface area contributed by atoms with E-state index in [1.807, 2.05) is 0 Å². The summed E-state index contributed by atoms with van der Waals surface area (Å²) < 4.78 is 5.57. The van der Waals surface area contributed by atoms with Crippen molar-refractivity contribution < 1.29 is 4.74 Å². The third-order valence-electron chi connectivity index (χ3n) is 3.68. The Morgan fingerprint density at radius 1 is 1.05 bits per heavy atom. The summed E-state index contributed by atoms with van der Waals surface area (Å²) in [7, 11) is 0. The Hall–Kier alpha value is -0.860. The van der Waals surface area contributed by atoms with Crippen molar-refractivity contribution in [1.82, 2.24) is 5.32 Å². The van der Waals surface area contributed by atoms with Gasteiger partial charge in [-0.1, -0.05) is 57.5 Å². The summed E-state index contributed by atoms with van der Waals surface area (Å²) in [6.07, 6.45) is 3.49. The molecule has 0 bridgehead atoms. The SMILES string of the molecule is CCCCOCCCNCC(c1ccccc1)C(C)C. The zero-order valence-electron chi connectivity index (χ0n) is 13.4. The van der Waals surface area contributed by atoms with Crippen LogP contribution in [0.4, 0.5) is 0 Å². The van der Waals surface area contributed by atoms with Gasteiger partial charge in [-0.25, -0.2) is 0 Å². The van der Waals surface area contributed by atoms with Gasteiger partial charge in [-0.15, -0.1) is 0 Å². The predicted octanol–water partition coefficient (Wildman–Crippen LogP) is 4.22. The molecule has 1 rings (SSSR count). The number of hydrogen-bond acceptors (Lipinski definition) is 2. The van der Waals surface area contributed by atoms with Crippen LogP contribution in [0.15, 0.2) is 30.3 Å². The van der Waals surface area contributed by atoms with E-state index >= 15 is 0 Å². The van der Waals surface area contributed by atoms with Crippen LogP contribution in [-0.4, -0.2) is 26.3 Å². The van der Waals surface area contributed by atoms with Crippen LogP contribution in [0.3, 0.4) is 0 Å². The van der Waals surface area contributed by atoms with E-state index in [4.69, 9.17) is 4.74 Å². The van der Waals surface area contributed by atoms with Crippen LogP contribution in [0.1, 0.15) is 51.5 Å². The Bertz CT molecular complexity index is 323. The van der Waals surface area contributed by atoms with E-state index in [-0.39, 0.29) is 0 Å². The molecule has 0 aliphatic rings. The van der Waals surface area contributed by atoms with Gasteiger partial charge in [0.15, 0.2) is 0 Å². The molecular formula is C18H31NO. The zero-order valence-corrected chi connectivity index (χ0v) is 13.4. The fraction of sp³-hybridized carbons (Fsp3) is 0.667. The Labute approximate surface area is 124 Å². The van der Waals surface area contributed by atoms with Gasteiger partial charge in [0.25, 0.3) is 0 Å². The average Bonchev–Trinajstić information content (AvgIpc) is 2.46. The molecule has 1 N–H and O–H groups in total. The quantitative estimate of drug-likeness (QED) is 0.611. The monoisotopic (exact) mass is 277 g/mol. The molecule has 114 valence electrons. The van der Waals surface area contributed by atoms with Crippen LogP contribution >= 0.6 is 0 Å². The molecule has 0 saturated carbocycles. The molecule has 0 heterocycles. The maximum atomic E-state index is 5.57. The Morgan fingerprint density at radius 3 is 2.40 bits per heavy atom. The van der Waals surface area contributed by atoms with E-state index in [0.717, 1.165) is 32.7 Å². The summed E-state index contributed by atoms with van der Waals surface area (Å²) in [5.74, 6) is 1.25. The number of nitrogens with one attached hydrogen (secondary N) is 1. The van der Waals surface area contributed by atoms with Crippen LogP contribution in [0.2, 0.25) is 0 Å². The third-order valence-corrected chi connectivity index (χ3v) is 3.68.